The maximum absolute atomic E-state index is 12.1. The smallest absolute Gasteiger partial charge is 0.242 e. The fourth-order valence-electron chi connectivity index (χ4n) is 2.50. The Bertz CT molecular complexity index is 645. The first-order valence-electron chi connectivity index (χ1n) is 6.68. The second-order valence-corrected chi connectivity index (χ2v) is 6.92. The zero-order valence-electron chi connectivity index (χ0n) is 12.1. The van der Waals surface area contributed by atoms with Crippen molar-refractivity contribution in [3.05, 3.63) is 18.2 Å². The van der Waals surface area contributed by atoms with Gasteiger partial charge in [0.15, 0.2) is 0 Å². The van der Waals surface area contributed by atoms with Crippen molar-refractivity contribution in [2.75, 3.05) is 30.8 Å². The molecule has 1 saturated heterocycles. The highest BCUT2D eigenvalue weighted by atomic mass is 32.2. The highest BCUT2D eigenvalue weighted by Crippen LogP contribution is 2.29. The van der Waals surface area contributed by atoms with Gasteiger partial charge in [0.05, 0.1) is 5.69 Å². The molecule has 1 aromatic rings. The lowest BCUT2D eigenvalue weighted by molar-refractivity contribution is -0.119. The van der Waals surface area contributed by atoms with Crippen molar-refractivity contribution in [3.63, 3.8) is 0 Å². The molecule has 0 radical (unpaired) electrons. The summed E-state index contributed by atoms with van der Waals surface area (Å²) in [5.41, 5.74) is 6.70. The van der Waals surface area contributed by atoms with Gasteiger partial charge in [0.1, 0.15) is 4.90 Å². The largest absolute Gasteiger partial charge is 0.399 e. The molecule has 1 fully saturated rings. The summed E-state index contributed by atoms with van der Waals surface area (Å²) in [4.78, 5) is 13.2. The first-order chi connectivity index (χ1) is 9.83. The topological polar surface area (TPSA) is 105 Å². The number of nitrogen functional groups attached to an aromatic ring is 1. The second-order valence-electron chi connectivity index (χ2n) is 5.07. The van der Waals surface area contributed by atoms with Gasteiger partial charge in [-0.05, 0) is 31.7 Å². The van der Waals surface area contributed by atoms with E-state index < -0.39 is 10.0 Å². The van der Waals surface area contributed by atoms with Crippen LogP contribution in [0.4, 0.5) is 11.4 Å². The van der Waals surface area contributed by atoms with E-state index in [9.17, 15) is 13.2 Å². The van der Waals surface area contributed by atoms with Crippen LogP contribution in [0.2, 0.25) is 0 Å². The van der Waals surface area contributed by atoms with Crippen LogP contribution in [0, 0.1) is 0 Å². The van der Waals surface area contributed by atoms with Gasteiger partial charge in [-0.15, -0.1) is 0 Å². The maximum Gasteiger partial charge on any atom is 0.242 e. The Morgan fingerprint density at radius 2 is 2.14 bits per heavy atom. The first-order valence-corrected chi connectivity index (χ1v) is 8.17. The number of rotatable bonds is 4. The molecule has 1 atom stereocenters. The van der Waals surface area contributed by atoms with Crippen LogP contribution in [0.25, 0.3) is 0 Å². The lowest BCUT2D eigenvalue weighted by atomic mass is 10.2. The summed E-state index contributed by atoms with van der Waals surface area (Å²) in [7, 11) is -2.22. The maximum atomic E-state index is 12.1. The molecule has 21 heavy (non-hydrogen) atoms. The molecule has 4 N–H and O–H groups in total. The normalized spacial score (nSPS) is 18.8. The molecule has 0 saturated carbocycles. The average molecular weight is 312 g/mol. The number of hydrogen-bond donors (Lipinski definition) is 3. The van der Waals surface area contributed by atoms with E-state index in [2.05, 4.69) is 10.0 Å². The van der Waals surface area contributed by atoms with Gasteiger partial charge >= 0.3 is 0 Å². The van der Waals surface area contributed by atoms with E-state index in [1.54, 1.807) is 12.1 Å². The molecule has 0 bridgehead atoms. The predicted molar refractivity (Wildman–Crippen MR) is 81.5 cm³/mol. The first kappa shape index (κ1) is 15.6. The Labute approximate surface area is 124 Å². The van der Waals surface area contributed by atoms with E-state index >= 15 is 0 Å². The minimum atomic E-state index is -3.59. The fourth-order valence-corrected chi connectivity index (χ4v) is 3.49. The molecule has 1 aliphatic heterocycles. The zero-order valence-corrected chi connectivity index (χ0v) is 12.9. The molecule has 1 unspecified atom stereocenters. The van der Waals surface area contributed by atoms with Gasteiger partial charge in [-0.3, -0.25) is 4.79 Å². The van der Waals surface area contributed by atoms with Gasteiger partial charge < -0.3 is 16.0 Å². The molecule has 116 valence electrons. The number of amides is 1. The number of hydrogen-bond acceptors (Lipinski definition) is 5. The number of carbonyl (C=O) groups is 1. The molecule has 1 aromatic carbocycles. The van der Waals surface area contributed by atoms with Gasteiger partial charge in [0.25, 0.3) is 0 Å². The lowest BCUT2D eigenvalue weighted by Crippen LogP contribution is -2.36. The quantitative estimate of drug-likeness (QED) is 0.673. The van der Waals surface area contributed by atoms with E-state index in [4.69, 9.17) is 5.73 Å². The minimum Gasteiger partial charge on any atom is -0.399 e. The summed E-state index contributed by atoms with van der Waals surface area (Å²) in [5.74, 6) is -0.0813. The molecule has 8 heteroatoms. The predicted octanol–water partition coefficient (Wildman–Crippen LogP) is -0.108. The third-order valence-corrected chi connectivity index (χ3v) is 4.92. The molecular weight excluding hydrogens is 292 g/mol. The van der Waals surface area contributed by atoms with Crippen molar-refractivity contribution in [2.24, 2.45) is 0 Å². The Kier molecular flexibility index (Phi) is 4.38. The van der Waals surface area contributed by atoms with E-state index in [-0.39, 0.29) is 16.8 Å². The van der Waals surface area contributed by atoms with Crippen LogP contribution in [0.15, 0.2) is 23.1 Å². The number of nitrogens with two attached hydrogens (primary N) is 1. The van der Waals surface area contributed by atoms with Crippen LogP contribution in [-0.2, 0) is 14.8 Å². The SMILES string of the molecule is CNS(=O)(=O)c1cc(N)ccc1N1CCC(NC(C)=O)C1. The molecule has 1 amide bonds. The highest BCUT2D eigenvalue weighted by molar-refractivity contribution is 7.89. The Hall–Kier alpha value is -1.80. The van der Waals surface area contributed by atoms with Gasteiger partial charge in [-0.25, -0.2) is 13.1 Å². The standard InChI is InChI=1S/C13H20N4O3S/c1-9(18)16-11-5-6-17(8-11)12-4-3-10(14)7-13(12)21(19,20)15-2/h3-4,7,11,15H,5-6,8,14H2,1-2H3,(H,16,18). The van der Waals surface area contributed by atoms with Crippen LogP contribution in [0.1, 0.15) is 13.3 Å². The third-order valence-electron chi connectivity index (χ3n) is 3.48. The Balaban J connectivity index is 2.31. The van der Waals surface area contributed by atoms with Crippen molar-refractivity contribution in [1.29, 1.82) is 0 Å². The van der Waals surface area contributed by atoms with Crippen LogP contribution >= 0.6 is 0 Å². The molecule has 1 heterocycles. The van der Waals surface area contributed by atoms with E-state index in [1.807, 2.05) is 4.90 Å². The monoisotopic (exact) mass is 312 g/mol. The van der Waals surface area contributed by atoms with Crippen molar-refractivity contribution in [3.8, 4) is 0 Å². The summed E-state index contributed by atoms with van der Waals surface area (Å²) in [6.45, 7) is 2.74. The number of nitrogens with one attached hydrogen (secondary N) is 2. The summed E-state index contributed by atoms with van der Waals surface area (Å²) in [6.07, 6.45) is 0.781. The summed E-state index contributed by atoms with van der Waals surface area (Å²) >= 11 is 0. The second kappa shape index (κ2) is 5.90. The molecule has 0 aliphatic carbocycles. The molecular formula is C13H20N4O3S. The number of sulfonamides is 1. The number of nitrogens with zero attached hydrogens (tertiary/aromatic N) is 1. The third kappa shape index (κ3) is 3.45. The molecule has 1 aliphatic rings. The van der Waals surface area contributed by atoms with Crippen molar-refractivity contribution in [2.45, 2.75) is 24.3 Å². The summed E-state index contributed by atoms with van der Waals surface area (Å²) < 4.78 is 26.6. The molecule has 0 spiro atoms. The summed E-state index contributed by atoms with van der Waals surface area (Å²) in [5, 5.41) is 2.85. The number of benzene rings is 1. The van der Waals surface area contributed by atoms with Crippen LogP contribution in [0.3, 0.4) is 0 Å². The lowest BCUT2D eigenvalue weighted by Gasteiger charge is -2.22. The van der Waals surface area contributed by atoms with Crippen molar-refractivity contribution in [1.82, 2.24) is 10.0 Å². The average Bonchev–Trinajstić information content (AvgIpc) is 2.86. The zero-order chi connectivity index (χ0) is 15.6. The molecule has 2 rings (SSSR count). The number of carbonyl (C=O) groups excluding carboxylic acids is 1. The van der Waals surface area contributed by atoms with Crippen LogP contribution in [0.5, 0.6) is 0 Å². The molecule has 0 aromatic heterocycles. The van der Waals surface area contributed by atoms with Crippen LogP contribution in [-0.4, -0.2) is 40.5 Å². The Morgan fingerprint density at radius 1 is 1.43 bits per heavy atom. The summed E-state index contributed by atoms with van der Waals surface area (Å²) in [6, 6.07) is 4.86. The van der Waals surface area contributed by atoms with Gasteiger partial charge in [-0.1, -0.05) is 0 Å². The van der Waals surface area contributed by atoms with Crippen molar-refractivity contribution < 1.29 is 13.2 Å². The minimum absolute atomic E-state index is 0.0326. The van der Waals surface area contributed by atoms with E-state index in [0.717, 1.165) is 6.42 Å². The fraction of sp³-hybridized carbons (Fsp3) is 0.462. The van der Waals surface area contributed by atoms with Crippen molar-refractivity contribution >= 4 is 27.3 Å². The van der Waals surface area contributed by atoms with Gasteiger partial charge in [-0.2, -0.15) is 0 Å². The van der Waals surface area contributed by atoms with Gasteiger partial charge in [0.2, 0.25) is 15.9 Å². The van der Waals surface area contributed by atoms with Crippen LogP contribution < -0.4 is 20.7 Å². The Morgan fingerprint density at radius 3 is 2.76 bits per heavy atom. The van der Waals surface area contributed by atoms with E-state index in [0.29, 0.717) is 24.5 Å². The highest BCUT2D eigenvalue weighted by Gasteiger charge is 2.27. The number of anilines is 2. The van der Waals surface area contributed by atoms with E-state index in [1.165, 1.54) is 20.0 Å². The van der Waals surface area contributed by atoms with Gasteiger partial charge in [0, 0.05) is 31.7 Å². The molecule has 7 nitrogen and oxygen atoms in total.